The number of nitrogens with one attached hydrogen (secondary N) is 1. The Balaban J connectivity index is 2.04. The van der Waals surface area contributed by atoms with Crippen LogP contribution >= 0.6 is 0 Å². The van der Waals surface area contributed by atoms with E-state index in [1.165, 1.54) is 0 Å². The van der Waals surface area contributed by atoms with Crippen molar-refractivity contribution in [2.45, 2.75) is 19.0 Å². The van der Waals surface area contributed by atoms with Crippen molar-refractivity contribution in [3.05, 3.63) is 41.5 Å². The summed E-state index contributed by atoms with van der Waals surface area (Å²) in [6.07, 6.45) is -5.02. The number of hydrogen-bond acceptors (Lipinski definition) is 3. The number of aromatic amines is 1. The van der Waals surface area contributed by atoms with Crippen LogP contribution in [0.2, 0.25) is 0 Å². The highest BCUT2D eigenvalue weighted by Gasteiger charge is 2.29. The molecule has 0 radical (unpaired) electrons. The summed E-state index contributed by atoms with van der Waals surface area (Å²) in [4.78, 5) is 3.80. The molecule has 3 N–H and O–H groups in total. The number of alkyl halides is 3. The number of hydrogen-bond donors (Lipinski definition) is 2. The fourth-order valence-electron chi connectivity index (χ4n) is 1.50. The van der Waals surface area contributed by atoms with Crippen LogP contribution in [0.1, 0.15) is 17.2 Å². The highest BCUT2D eigenvalue weighted by Crippen LogP contribution is 2.19. The zero-order valence-electron chi connectivity index (χ0n) is 9.33. The molecule has 0 amide bonds. The molecule has 1 aromatic heterocycles. The second-order valence-corrected chi connectivity index (χ2v) is 3.91. The van der Waals surface area contributed by atoms with Gasteiger partial charge in [0, 0.05) is 12.1 Å². The quantitative estimate of drug-likeness (QED) is 0.826. The Morgan fingerprint density at radius 2 is 1.83 bits per heavy atom. The van der Waals surface area contributed by atoms with Gasteiger partial charge < -0.3 is 5.73 Å². The monoisotopic (exact) mass is 256 g/mol. The van der Waals surface area contributed by atoms with Crippen molar-refractivity contribution in [1.29, 1.82) is 0 Å². The van der Waals surface area contributed by atoms with E-state index in [0.29, 0.717) is 17.9 Å². The minimum atomic E-state index is -4.29. The van der Waals surface area contributed by atoms with Crippen LogP contribution in [0, 0.1) is 0 Å². The Kier molecular flexibility index (Phi) is 3.22. The van der Waals surface area contributed by atoms with E-state index >= 15 is 0 Å². The molecule has 4 nitrogen and oxygen atoms in total. The second kappa shape index (κ2) is 4.67. The van der Waals surface area contributed by atoms with Crippen LogP contribution in [0.25, 0.3) is 0 Å². The lowest BCUT2D eigenvalue weighted by Crippen LogP contribution is -2.12. The molecule has 18 heavy (non-hydrogen) atoms. The van der Waals surface area contributed by atoms with Gasteiger partial charge in [0.1, 0.15) is 12.2 Å². The van der Waals surface area contributed by atoms with E-state index in [2.05, 4.69) is 15.2 Å². The fourth-order valence-corrected chi connectivity index (χ4v) is 1.50. The lowest BCUT2D eigenvalue weighted by Gasteiger charge is -2.00. The molecule has 7 heteroatoms. The average Bonchev–Trinajstić information content (AvgIpc) is 2.66. The Hall–Kier alpha value is -2.05. The topological polar surface area (TPSA) is 67.6 Å². The number of H-pyrrole nitrogens is 1. The number of aromatic nitrogens is 3. The van der Waals surface area contributed by atoms with Gasteiger partial charge in [-0.25, -0.2) is 4.98 Å². The van der Waals surface area contributed by atoms with Crippen LogP contribution in [0.15, 0.2) is 24.3 Å². The smallest absolute Gasteiger partial charge is 0.396 e. The summed E-state index contributed by atoms with van der Waals surface area (Å²) in [7, 11) is 0. The number of rotatable bonds is 3. The summed E-state index contributed by atoms with van der Waals surface area (Å²) in [5.74, 6) is 0.159. The summed E-state index contributed by atoms with van der Waals surface area (Å²) in [6.45, 7) is 0. The van der Waals surface area contributed by atoms with Gasteiger partial charge in [-0.1, -0.05) is 12.1 Å². The SMILES string of the molecule is Nc1ccc(Cc2nc(CC(F)(F)F)n[nH]2)cc1. The molecule has 0 bridgehead atoms. The first-order valence-corrected chi connectivity index (χ1v) is 5.24. The normalized spacial score (nSPS) is 11.7. The fraction of sp³-hybridized carbons (Fsp3) is 0.273. The lowest BCUT2D eigenvalue weighted by atomic mass is 10.1. The van der Waals surface area contributed by atoms with Crippen LogP contribution in [-0.2, 0) is 12.8 Å². The Bertz CT molecular complexity index is 516. The highest BCUT2D eigenvalue weighted by molar-refractivity contribution is 5.39. The highest BCUT2D eigenvalue weighted by atomic mass is 19.4. The van der Waals surface area contributed by atoms with E-state index in [9.17, 15) is 13.2 Å². The van der Waals surface area contributed by atoms with E-state index in [0.717, 1.165) is 5.56 Å². The van der Waals surface area contributed by atoms with E-state index in [-0.39, 0.29) is 5.82 Å². The first-order chi connectivity index (χ1) is 8.42. The van der Waals surface area contributed by atoms with E-state index in [4.69, 9.17) is 5.73 Å². The van der Waals surface area contributed by atoms with Gasteiger partial charge in [-0.05, 0) is 17.7 Å². The minimum Gasteiger partial charge on any atom is -0.399 e. The van der Waals surface area contributed by atoms with Gasteiger partial charge in [0.15, 0.2) is 5.82 Å². The number of nitrogen functional groups attached to an aromatic ring is 1. The molecule has 0 saturated carbocycles. The zero-order chi connectivity index (χ0) is 13.2. The van der Waals surface area contributed by atoms with Gasteiger partial charge in [0.2, 0.25) is 0 Å². The molecular weight excluding hydrogens is 245 g/mol. The van der Waals surface area contributed by atoms with Crippen LogP contribution in [0.3, 0.4) is 0 Å². The van der Waals surface area contributed by atoms with E-state index < -0.39 is 12.6 Å². The molecule has 1 aromatic carbocycles. The Labute approximate surface area is 101 Å². The molecule has 0 aliphatic carbocycles. The van der Waals surface area contributed by atoms with Crippen molar-refractivity contribution in [2.24, 2.45) is 0 Å². The van der Waals surface area contributed by atoms with Crippen molar-refractivity contribution in [3.8, 4) is 0 Å². The van der Waals surface area contributed by atoms with Crippen LogP contribution in [0.5, 0.6) is 0 Å². The van der Waals surface area contributed by atoms with Gasteiger partial charge in [0.25, 0.3) is 0 Å². The third kappa shape index (κ3) is 3.47. The van der Waals surface area contributed by atoms with Crippen molar-refractivity contribution in [3.63, 3.8) is 0 Å². The molecule has 0 aliphatic heterocycles. The molecule has 0 atom stereocenters. The van der Waals surface area contributed by atoms with Gasteiger partial charge >= 0.3 is 6.18 Å². The maximum absolute atomic E-state index is 12.1. The van der Waals surface area contributed by atoms with Crippen molar-refractivity contribution in [2.75, 3.05) is 5.73 Å². The molecule has 0 aliphatic rings. The summed E-state index contributed by atoms with van der Waals surface area (Å²) >= 11 is 0. The van der Waals surface area contributed by atoms with Gasteiger partial charge in [0.05, 0.1) is 0 Å². The lowest BCUT2D eigenvalue weighted by molar-refractivity contribution is -0.128. The molecule has 2 aromatic rings. The summed E-state index contributed by atoms with van der Waals surface area (Å²) in [5.41, 5.74) is 7.07. The van der Waals surface area contributed by atoms with Crippen LogP contribution in [0.4, 0.5) is 18.9 Å². The first-order valence-electron chi connectivity index (χ1n) is 5.24. The van der Waals surface area contributed by atoms with Crippen LogP contribution < -0.4 is 5.73 Å². The second-order valence-electron chi connectivity index (χ2n) is 3.91. The first kappa shape index (κ1) is 12.4. The maximum atomic E-state index is 12.1. The van der Waals surface area contributed by atoms with E-state index in [1.807, 2.05) is 0 Å². The molecule has 0 spiro atoms. The third-order valence-electron chi connectivity index (χ3n) is 2.29. The molecule has 0 saturated heterocycles. The molecule has 0 unspecified atom stereocenters. The minimum absolute atomic E-state index is 0.243. The van der Waals surface area contributed by atoms with Crippen molar-refractivity contribution < 1.29 is 13.2 Å². The standard InChI is InChI=1S/C11H11F3N4/c12-11(13,14)6-10-16-9(17-18-10)5-7-1-3-8(15)4-2-7/h1-4H,5-6,15H2,(H,16,17,18). The summed E-state index contributed by atoms with van der Waals surface area (Å²) in [6, 6.07) is 7.03. The summed E-state index contributed by atoms with van der Waals surface area (Å²) < 4.78 is 36.3. The average molecular weight is 256 g/mol. The molecule has 2 rings (SSSR count). The largest absolute Gasteiger partial charge is 0.399 e. The maximum Gasteiger partial charge on any atom is 0.396 e. The molecule has 1 heterocycles. The molecule has 96 valence electrons. The molecule has 0 fully saturated rings. The predicted molar refractivity (Wildman–Crippen MR) is 59.8 cm³/mol. The number of halogens is 3. The molecular formula is C11H11F3N4. The Morgan fingerprint density at radius 3 is 2.44 bits per heavy atom. The van der Waals surface area contributed by atoms with Gasteiger partial charge in [-0.3, -0.25) is 5.10 Å². The predicted octanol–water partition coefficient (Wildman–Crippen LogP) is 2.08. The zero-order valence-corrected chi connectivity index (χ0v) is 9.33. The number of anilines is 1. The van der Waals surface area contributed by atoms with Crippen molar-refractivity contribution >= 4 is 5.69 Å². The number of nitrogens with two attached hydrogens (primary N) is 1. The third-order valence-corrected chi connectivity index (χ3v) is 2.29. The number of benzene rings is 1. The van der Waals surface area contributed by atoms with Crippen LogP contribution in [-0.4, -0.2) is 21.4 Å². The van der Waals surface area contributed by atoms with Crippen molar-refractivity contribution in [1.82, 2.24) is 15.2 Å². The van der Waals surface area contributed by atoms with Gasteiger partial charge in [-0.15, -0.1) is 0 Å². The van der Waals surface area contributed by atoms with E-state index in [1.54, 1.807) is 24.3 Å². The Morgan fingerprint density at radius 1 is 1.17 bits per heavy atom. The number of nitrogens with zero attached hydrogens (tertiary/aromatic N) is 2. The summed E-state index contributed by atoms with van der Waals surface area (Å²) in [5, 5.41) is 6.03. The van der Waals surface area contributed by atoms with Gasteiger partial charge in [-0.2, -0.15) is 18.3 Å².